The van der Waals surface area contributed by atoms with Crippen molar-refractivity contribution in [1.29, 1.82) is 0 Å². The fraction of sp³-hybridized carbons (Fsp3) is 0.0588. The van der Waals surface area contributed by atoms with Gasteiger partial charge in [0.2, 0.25) is 5.91 Å². The number of carbonyl (C=O) groups excluding carboxylic acids is 1. The van der Waals surface area contributed by atoms with E-state index in [0.717, 1.165) is 27.7 Å². The Balaban J connectivity index is 2.14. The van der Waals surface area contributed by atoms with Crippen molar-refractivity contribution in [2.24, 2.45) is 0 Å². The molecule has 3 nitrogen and oxygen atoms in total. The second-order valence-corrected chi connectivity index (χ2v) is 5.22. The van der Waals surface area contributed by atoms with Gasteiger partial charge in [-0.15, -0.1) is 0 Å². The highest BCUT2D eigenvalue weighted by Crippen LogP contribution is 2.30. The number of pyridine rings is 1. The quantitative estimate of drug-likeness (QED) is 0.756. The molecule has 1 aromatic heterocycles. The van der Waals surface area contributed by atoms with Gasteiger partial charge in [0.15, 0.2) is 0 Å². The predicted octanol–water partition coefficient (Wildman–Crippen LogP) is 4.51. The van der Waals surface area contributed by atoms with E-state index in [1.54, 1.807) is 6.20 Å². The summed E-state index contributed by atoms with van der Waals surface area (Å²) >= 11 is 6.01. The summed E-state index contributed by atoms with van der Waals surface area (Å²) in [7, 11) is 0. The Kier molecular flexibility index (Phi) is 3.59. The van der Waals surface area contributed by atoms with Gasteiger partial charge in [-0.2, -0.15) is 0 Å². The number of amides is 1. The summed E-state index contributed by atoms with van der Waals surface area (Å²) in [6.45, 7) is 1.50. The van der Waals surface area contributed by atoms with Crippen LogP contribution in [0.25, 0.3) is 22.0 Å². The molecule has 4 heteroatoms. The molecule has 0 saturated carbocycles. The maximum atomic E-state index is 11.2. The van der Waals surface area contributed by atoms with Crippen LogP contribution in [0.4, 0.5) is 5.69 Å². The molecule has 2 aromatic carbocycles. The zero-order valence-corrected chi connectivity index (χ0v) is 12.2. The first kappa shape index (κ1) is 13.6. The van der Waals surface area contributed by atoms with Crippen LogP contribution in [0.15, 0.2) is 54.7 Å². The molecule has 1 amide bonds. The third-order valence-corrected chi connectivity index (χ3v) is 3.43. The average Bonchev–Trinajstić information content (AvgIpc) is 2.46. The number of benzene rings is 2. The van der Waals surface area contributed by atoms with Crippen molar-refractivity contribution in [1.82, 2.24) is 4.98 Å². The highest BCUT2D eigenvalue weighted by molar-refractivity contribution is 6.31. The molecule has 0 radical (unpaired) electrons. The van der Waals surface area contributed by atoms with E-state index in [4.69, 9.17) is 11.6 Å². The maximum Gasteiger partial charge on any atom is 0.221 e. The molecule has 0 aliphatic heterocycles. The van der Waals surface area contributed by atoms with Gasteiger partial charge in [-0.3, -0.25) is 9.78 Å². The minimum Gasteiger partial charge on any atom is -0.326 e. The molecule has 0 aliphatic rings. The first-order valence-electron chi connectivity index (χ1n) is 6.56. The van der Waals surface area contributed by atoms with Crippen LogP contribution in [-0.4, -0.2) is 10.9 Å². The van der Waals surface area contributed by atoms with Crippen molar-refractivity contribution in [3.05, 3.63) is 59.8 Å². The van der Waals surface area contributed by atoms with Crippen LogP contribution in [0.2, 0.25) is 5.02 Å². The van der Waals surface area contributed by atoms with E-state index in [-0.39, 0.29) is 5.91 Å². The van der Waals surface area contributed by atoms with Crippen LogP contribution < -0.4 is 5.32 Å². The van der Waals surface area contributed by atoms with Crippen molar-refractivity contribution in [3.8, 4) is 11.1 Å². The van der Waals surface area contributed by atoms with E-state index < -0.39 is 0 Å². The highest BCUT2D eigenvalue weighted by atomic mass is 35.5. The number of carbonyl (C=O) groups is 1. The molecule has 0 unspecified atom stereocenters. The largest absolute Gasteiger partial charge is 0.326 e. The number of hydrogen-bond donors (Lipinski definition) is 1. The zero-order valence-electron chi connectivity index (χ0n) is 11.4. The fourth-order valence-electron chi connectivity index (χ4n) is 2.34. The lowest BCUT2D eigenvalue weighted by Crippen LogP contribution is -2.05. The van der Waals surface area contributed by atoms with Crippen LogP contribution in [0.5, 0.6) is 0 Å². The van der Waals surface area contributed by atoms with Gasteiger partial charge in [-0.05, 0) is 41.5 Å². The van der Waals surface area contributed by atoms with Crippen LogP contribution in [0.3, 0.4) is 0 Å². The van der Waals surface area contributed by atoms with Crippen LogP contribution in [0, 0.1) is 0 Å². The summed E-state index contributed by atoms with van der Waals surface area (Å²) in [4.78, 5) is 15.5. The number of halogens is 1. The number of hydrogen-bond acceptors (Lipinski definition) is 2. The number of nitrogens with one attached hydrogen (secondary N) is 1. The molecule has 1 heterocycles. The van der Waals surface area contributed by atoms with E-state index >= 15 is 0 Å². The lowest BCUT2D eigenvalue weighted by atomic mass is 10.0. The maximum absolute atomic E-state index is 11.2. The molecule has 21 heavy (non-hydrogen) atoms. The summed E-state index contributed by atoms with van der Waals surface area (Å²) in [5, 5.41) is 4.49. The van der Waals surface area contributed by atoms with Crippen molar-refractivity contribution in [2.45, 2.75) is 6.92 Å². The molecule has 1 N–H and O–H groups in total. The third kappa shape index (κ3) is 2.88. The van der Waals surface area contributed by atoms with Crippen molar-refractivity contribution >= 4 is 34.1 Å². The molecule has 0 saturated heterocycles. The monoisotopic (exact) mass is 296 g/mol. The number of aromatic nitrogens is 1. The van der Waals surface area contributed by atoms with E-state index in [9.17, 15) is 4.79 Å². The van der Waals surface area contributed by atoms with E-state index in [1.807, 2.05) is 48.5 Å². The SMILES string of the molecule is CC(=O)Nc1cccc(-c2ccnc3cc(Cl)ccc23)c1. The average molecular weight is 297 g/mol. The van der Waals surface area contributed by atoms with Gasteiger partial charge in [-0.25, -0.2) is 0 Å². The Morgan fingerprint density at radius 1 is 1.14 bits per heavy atom. The highest BCUT2D eigenvalue weighted by Gasteiger charge is 2.06. The van der Waals surface area contributed by atoms with Crippen molar-refractivity contribution < 1.29 is 4.79 Å². The first-order chi connectivity index (χ1) is 10.1. The van der Waals surface area contributed by atoms with Crippen LogP contribution in [-0.2, 0) is 4.79 Å². The van der Waals surface area contributed by atoms with Gasteiger partial charge < -0.3 is 5.32 Å². The summed E-state index contributed by atoms with van der Waals surface area (Å²) in [6, 6.07) is 15.4. The smallest absolute Gasteiger partial charge is 0.221 e. The summed E-state index contributed by atoms with van der Waals surface area (Å²) in [5.41, 5.74) is 3.71. The second kappa shape index (κ2) is 5.54. The molecule has 3 rings (SSSR count). The number of anilines is 1. The van der Waals surface area contributed by atoms with Gasteiger partial charge in [0.25, 0.3) is 0 Å². The first-order valence-corrected chi connectivity index (χ1v) is 6.93. The van der Waals surface area contributed by atoms with E-state index in [0.29, 0.717) is 5.02 Å². The standard InChI is InChI=1S/C17H13ClN2O/c1-11(21)20-14-4-2-3-12(9-14)15-7-8-19-17-10-13(18)5-6-16(15)17/h2-10H,1H3,(H,20,21). The zero-order chi connectivity index (χ0) is 14.8. The minimum absolute atomic E-state index is 0.0847. The molecule has 3 aromatic rings. The third-order valence-electron chi connectivity index (χ3n) is 3.20. The molecular weight excluding hydrogens is 284 g/mol. The summed E-state index contributed by atoms with van der Waals surface area (Å²) < 4.78 is 0. The van der Waals surface area contributed by atoms with Gasteiger partial charge in [0.1, 0.15) is 0 Å². The Labute approximate surface area is 127 Å². The minimum atomic E-state index is -0.0847. The van der Waals surface area contributed by atoms with Crippen molar-refractivity contribution in [3.63, 3.8) is 0 Å². The Bertz CT molecular complexity index is 830. The molecule has 0 fully saturated rings. The van der Waals surface area contributed by atoms with E-state index in [2.05, 4.69) is 10.3 Å². The predicted molar refractivity (Wildman–Crippen MR) is 86.5 cm³/mol. The number of rotatable bonds is 2. The molecule has 0 spiro atoms. The Morgan fingerprint density at radius 2 is 2.00 bits per heavy atom. The Hall–Kier alpha value is -2.39. The number of fused-ring (bicyclic) bond motifs is 1. The molecular formula is C17H13ClN2O. The molecule has 0 aliphatic carbocycles. The lowest BCUT2D eigenvalue weighted by Gasteiger charge is -2.09. The molecule has 0 atom stereocenters. The number of nitrogens with zero attached hydrogens (tertiary/aromatic N) is 1. The van der Waals surface area contributed by atoms with E-state index in [1.165, 1.54) is 6.92 Å². The van der Waals surface area contributed by atoms with Gasteiger partial charge in [0, 0.05) is 29.2 Å². The van der Waals surface area contributed by atoms with Gasteiger partial charge >= 0.3 is 0 Å². The summed E-state index contributed by atoms with van der Waals surface area (Å²) in [5.74, 6) is -0.0847. The fourth-order valence-corrected chi connectivity index (χ4v) is 2.51. The van der Waals surface area contributed by atoms with Crippen LogP contribution >= 0.6 is 11.6 Å². The molecule has 0 bridgehead atoms. The lowest BCUT2D eigenvalue weighted by molar-refractivity contribution is -0.114. The van der Waals surface area contributed by atoms with Gasteiger partial charge in [-0.1, -0.05) is 29.8 Å². The van der Waals surface area contributed by atoms with Crippen LogP contribution in [0.1, 0.15) is 6.92 Å². The van der Waals surface area contributed by atoms with Gasteiger partial charge in [0.05, 0.1) is 5.52 Å². The Morgan fingerprint density at radius 3 is 2.81 bits per heavy atom. The second-order valence-electron chi connectivity index (χ2n) is 4.78. The molecule has 104 valence electrons. The topological polar surface area (TPSA) is 42.0 Å². The normalized spacial score (nSPS) is 10.6. The summed E-state index contributed by atoms with van der Waals surface area (Å²) in [6.07, 6.45) is 1.76. The van der Waals surface area contributed by atoms with Crippen molar-refractivity contribution in [2.75, 3.05) is 5.32 Å².